The van der Waals surface area contributed by atoms with Crippen LogP contribution in [0.25, 0.3) is 0 Å². The number of nitrogens with one attached hydrogen (secondary N) is 2. The zero-order valence-corrected chi connectivity index (χ0v) is 12.4. The van der Waals surface area contributed by atoms with Crippen molar-refractivity contribution in [1.82, 2.24) is 5.32 Å². The molecule has 0 spiro atoms. The molecule has 0 bridgehead atoms. The van der Waals surface area contributed by atoms with E-state index in [1.165, 1.54) is 13.2 Å². The van der Waals surface area contributed by atoms with Crippen molar-refractivity contribution in [2.45, 2.75) is 26.2 Å². The minimum Gasteiger partial charge on any atom is -0.465 e. The van der Waals surface area contributed by atoms with E-state index in [9.17, 15) is 9.59 Å². The summed E-state index contributed by atoms with van der Waals surface area (Å²) in [5, 5.41) is 5.71. The maximum Gasteiger partial charge on any atom is 0.337 e. The summed E-state index contributed by atoms with van der Waals surface area (Å²) in [7, 11) is 1.30. The van der Waals surface area contributed by atoms with Gasteiger partial charge in [-0.15, -0.1) is 0 Å². The Morgan fingerprint density at radius 3 is 2.70 bits per heavy atom. The number of methoxy groups -OCH3 is 1. The van der Waals surface area contributed by atoms with E-state index < -0.39 is 5.97 Å². The van der Waals surface area contributed by atoms with Crippen LogP contribution in [0.2, 0.25) is 5.02 Å². The lowest BCUT2D eigenvalue weighted by Crippen LogP contribution is -2.29. The Balaban J connectivity index is 2.62. The van der Waals surface area contributed by atoms with Crippen LogP contribution >= 0.6 is 11.6 Å². The van der Waals surface area contributed by atoms with Crippen LogP contribution in [0.5, 0.6) is 0 Å². The molecule has 0 saturated carbocycles. The van der Waals surface area contributed by atoms with Crippen LogP contribution in [0, 0.1) is 0 Å². The highest BCUT2D eigenvalue weighted by atomic mass is 35.5. The molecule has 2 N–H and O–H groups in total. The van der Waals surface area contributed by atoms with E-state index >= 15 is 0 Å². The molecule has 1 rings (SSSR count). The van der Waals surface area contributed by atoms with Crippen LogP contribution in [0.1, 0.15) is 36.5 Å². The Labute approximate surface area is 123 Å². The molecule has 0 saturated heterocycles. The molecular formula is C14H19ClN2O3. The Morgan fingerprint density at radius 1 is 1.30 bits per heavy atom. The summed E-state index contributed by atoms with van der Waals surface area (Å²) in [5.41, 5.74) is 0.709. The number of ether oxygens (including phenoxy) is 1. The summed E-state index contributed by atoms with van der Waals surface area (Å²) in [5.74, 6) is -0.479. The Hall–Kier alpha value is -1.75. The average Bonchev–Trinajstić information content (AvgIpc) is 2.45. The fourth-order valence-corrected chi connectivity index (χ4v) is 1.77. The molecule has 5 nitrogen and oxygen atoms in total. The SMILES string of the molecule is CCCCCNC(=O)Nc1cc(C(=O)OC)ccc1Cl. The molecule has 1 aromatic carbocycles. The molecule has 2 amide bonds. The number of carbonyl (C=O) groups is 2. The number of rotatable bonds is 6. The largest absolute Gasteiger partial charge is 0.465 e. The normalized spacial score (nSPS) is 9.95. The number of amides is 2. The summed E-state index contributed by atoms with van der Waals surface area (Å²) in [6.45, 7) is 2.70. The van der Waals surface area contributed by atoms with Crippen molar-refractivity contribution in [3.05, 3.63) is 28.8 Å². The van der Waals surface area contributed by atoms with Crippen molar-refractivity contribution < 1.29 is 14.3 Å². The van der Waals surface area contributed by atoms with E-state index in [0.29, 0.717) is 22.8 Å². The van der Waals surface area contributed by atoms with Gasteiger partial charge in [0.15, 0.2) is 0 Å². The first-order chi connectivity index (χ1) is 9.58. The van der Waals surface area contributed by atoms with Crippen LogP contribution < -0.4 is 10.6 Å². The second-order valence-corrected chi connectivity index (χ2v) is 4.68. The molecule has 0 aliphatic heterocycles. The standard InChI is InChI=1S/C14H19ClN2O3/c1-3-4-5-8-16-14(19)17-12-9-10(13(18)20-2)6-7-11(12)15/h6-7,9H,3-5,8H2,1-2H3,(H2,16,17,19). The number of hydrogen-bond donors (Lipinski definition) is 2. The van der Waals surface area contributed by atoms with Gasteiger partial charge in [0, 0.05) is 6.54 Å². The van der Waals surface area contributed by atoms with E-state index in [4.69, 9.17) is 11.6 Å². The van der Waals surface area contributed by atoms with Gasteiger partial charge in [0.05, 0.1) is 23.4 Å². The van der Waals surface area contributed by atoms with Gasteiger partial charge in [0.2, 0.25) is 0 Å². The van der Waals surface area contributed by atoms with Gasteiger partial charge in [-0.3, -0.25) is 0 Å². The zero-order chi connectivity index (χ0) is 15.0. The van der Waals surface area contributed by atoms with E-state index in [0.717, 1.165) is 19.3 Å². The number of carbonyl (C=O) groups excluding carboxylic acids is 2. The summed E-state index contributed by atoms with van der Waals surface area (Å²) in [4.78, 5) is 23.1. The molecular weight excluding hydrogens is 280 g/mol. The van der Waals surface area contributed by atoms with Crippen LogP contribution in [-0.2, 0) is 4.74 Å². The summed E-state index contributed by atoms with van der Waals surface area (Å²) >= 11 is 5.98. The predicted molar refractivity (Wildman–Crippen MR) is 79.3 cm³/mol. The van der Waals surface area contributed by atoms with Crippen LogP contribution in [0.3, 0.4) is 0 Å². The minimum absolute atomic E-state index is 0.332. The highest BCUT2D eigenvalue weighted by molar-refractivity contribution is 6.33. The fourth-order valence-electron chi connectivity index (χ4n) is 1.61. The summed E-state index contributed by atoms with van der Waals surface area (Å²) in [6.07, 6.45) is 3.09. The molecule has 0 fully saturated rings. The van der Waals surface area contributed by atoms with Gasteiger partial charge in [-0.25, -0.2) is 9.59 Å². The number of esters is 1. The molecule has 0 atom stereocenters. The summed E-state index contributed by atoms with van der Waals surface area (Å²) in [6, 6.07) is 4.23. The number of benzene rings is 1. The second kappa shape index (κ2) is 8.43. The van der Waals surface area contributed by atoms with Crippen molar-refractivity contribution >= 4 is 29.3 Å². The number of unbranched alkanes of at least 4 members (excludes halogenated alkanes) is 2. The second-order valence-electron chi connectivity index (χ2n) is 4.27. The Morgan fingerprint density at radius 2 is 2.05 bits per heavy atom. The Bertz CT molecular complexity index is 477. The van der Waals surface area contributed by atoms with E-state index in [1.54, 1.807) is 12.1 Å². The highest BCUT2D eigenvalue weighted by Crippen LogP contribution is 2.23. The van der Waals surface area contributed by atoms with Crippen molar-refractivity contribution in [2.75, 3.05) is 19.0 Å². The molecule has 6 heteroatoms. The van der Waals surface area contributed by atoms with Gasteiger partial charge < -0.3 is 15.4 Å². The van der Waals surface area contributed by atoms with Gasteiger partial charge in [-0.2, -0.15) is 0 Å². The van der Waals surface area contributed by atoms with E-state index in [-0.39, 0.29) is 6.03 Å². The van der Waals surface area contributed by atoms with Crippen molar-refractivity contribution in [1.29, 1.82) is 0 Å². The third kappa shape index (κ3) is 5.09. The Kier molecular flexibility index (Phi) is 6.87. The third-order valence-corrected chi connectivity index (χ3v) is 3.03. The molecule has 0 aliphatic carbocycles. The maximum absolute atomic E-state index is 11.7. The predicted octanol–water partition coefficient (Wildman–Crippen LogP) is 3.44. The van der Waals surface area contributed by atoms with Crippen LogP contribution in [0.4, 0.5) is 10.5 Å². The first kappa shape index (κ1) is 16.3. The first-order valence-electron chi connectivity index (χ1n) is 6.51. The topological polar surface area (TPSA) is 67.4 Å². The molecule has 0 heterocycles. The number of anilines is 1. The quantitative estimate of drug-likeness (QED) is 0.624. The van der Waals surface area contributed by atoms with Crippen molar-refractivity contribution in [3.8, 4) is 0 Å². The van der Waals surface area contributed by atoms with Gasteiger partial charge in [-0.05, 0) is 24.6 Å². The molecule has 110 valence electrons. The molecule has 0 aromatic heterocycles. The van der Waals surface area contributed by atoms with Gasteiger partial charge in [0.25, 0.3) is 0 Å². The third-order valence-electron chi connectivity index (χ3n) is 2.70. The van der Waals surface area contributed by atoms with E-state index in [2.05, 4.69) is 22.3 Å². The first-order valence-corrected chi connectivity index (χ1v) is 6.89. The fraction of sp³-hybridized carbons (Fsp3) is 0.429. The lowest BCUT2D eigenvalue weighted by atomic mass is 10.2. The number of hydrogen-bond acceptors (Lipinski definition) is 3. The lowest BCUT2D eigenvalue weighted by molar-refractivity contribution is 0.0600. The van der Waals surface area contributed by atoms with Crippen molar-refractivity contribution in [2.24, 2.45) is 0 Å². The van der Waals surface area contributed by atoms with Crippen LogP contribution in [-0.4, -0.2) is 25.7 Å². The molecule has 0 unspecified atom stereocenters. The molecule has 20 heavy (non-hydrogen) atoms. The minimum atomic E-state index is -0.479. The highest BCUT2D eigenvalue weighted by Gasteiger charge is 2.10. The molecule has 0 aliphatic rings. The van der Waals surface area contributed by atoms with E-state index in [1.807, 2.05) is 0 Å². The number of halogens is 1. The van der Waals surface area contributed by atoms with Gasteiger partial charge in [0.1, 0.15) is 0 Å². The maximum atomic E-state index is 11.7. The zero-order valence-electron chi connectivity index (χ0n) is 11.7. The average molecular weight is 299 g/mol. The van der Waals surface area contributed by atoms with Crippen LogP contribution in [0.15, 0.2) is 18.2 Å². The summed E-state index contributed by atoms with van der Waals surface area (Å²) < 4.78 is 4.62. The smallest absolute Gasteiger partial charge is 0.337 e. The van der Waals surface area contributed by atoms with Gasteiger partial charge in [-0.1, -0.05) is 31.4 Å². The van der Waals surface area contributed by atoms with Crippen molar-refractivity contribution in [3.63, 3.8) is 0 Å². The number of urea groups is 1. The molecule has 1 aromatic rings. The monoisotopic (exact) mass is 298 g/mol. The lowest BCUT2D eigenvalue weighted by Gasteiger charge is -2.10. The van der Waals surface area contributed by atoms with Gasteiger partial charge >= 0.3 is 12.0 Å². The molecule has 0 radical (unpaired) electrons.